The number of aliphatic carboxylic acids is 1. The van der Waals surface area contributed by atoms with E-state index in [1.165, 1.54) is 12.5 Å². The van der Waals surface area contributed by atoms with Crippen molar-refractivity contribution in [3.63, 3.8) is 0 Å². The van der Waals surface area contributed by atoms with Gasteiger partial charge in [-0.25, -0.2) is 4.79 Å². The van der Waals surface area contributed by atoms with Crippen molar-refractivity contribution in [1.29, 1.82) is 0 Å². The van der Waals surface area contributed by atoms with Crippen LogP contribution >= 0.6 is 0 Å². The lowest BCUT2D eigenvalue weighted by molar-refractivity contribution is -0.131. The number of hydrogen-bond donors (Lipinski definition) is 1. The fourth-order valence-corrected chi connectivity index (χ4v) is 1.46. The molecule has 0 aliphatic rings. The monoisotopic (exact) mass is 250 g/mol. The molecule has 0 radical (unpaired) electrons. The molecule has 0 aromatic heterocycles. The van der Waals surface area contributed by atoms with E-state index in [1.807, 2.05) is 19.9 Å². The Morgan fingerprint density at radius 2 is 1.78 bits per heavy atom. The second-order valence-corrected chi connectivity index (χ2v) is 4.65. The van der Waals surface area contributed by atoms with Gasteiger partial charge in [0.2, 0.25) is 0 Å². The van der Waals surface area contributed by atoms with Gasteiger partial charge in [-0.2, -0.15) is 0 Å². The molecule has 0 atom stereocenters. The van der Waals surface area contributed by atoms with Gasteiger partial charge >= 0.3 is 5.97 Å². The van der Waals surface area contributed by atoms with Crippen LogP contribution in [0.3, 0.4) is 0 Å². The van der Waals surface area contributed by atoms with Crippen LogP contribution in [0.2, 0.25) is 0 Å². The molecule has 0 saturated heterocycles. The number of allylic oxidation sites excluding steroid dienone is 4. The molecule has 3 nitrogen and oxygen atoms in total. The molecule has 100 valence electrons. The first-order valence-electron chi connectivity index (χ1n) is 6.07. The molecule has 0 aliphatic heterocycles. The summed E-state index contributed by atoms with van der Waals surface area (Å²) in [5, 5.41) is 8.53. The largest absolute Gasteiger partial charge is 0.478 e. The SMILES string of the molecule is C=C(C)CCC/C(C)=C/CC(=O)/C(C)=C/C(=O)O. The van der Waals surface area contributed by atoms with E-state index in [0.29, 0.717) is 0 Å². The lowest BCUT2D eigenvalue weighted by Crippen LogP contribution is -2.01. The molecule has 18 heavy (non-hydrogen) atoms. The number of rotatable bonds is 8. The summed E-state index contributed by atoms with van der Waals surface area (Å²) >= 11 is 0. The quantitative estimate of drug-likeness (QED) is 0.528. The van der Waals surface area contributed by atoms with Crippen LogP contribution < -0.4 is 0 Å². The second-order valence-electron chi connectivity index (χ2n) is 4.65. The summed E-state index contributed by atoms with van der Waals surface area (Å²) in [5.74, 6) is -1.22. The Bertz CT molecular complexity index is 387. The molecule has 0 aromatic carbocycles. The fourth-order valence-electron chi connectivity index (χ4n) is 1.46. The number of ketones is 1. The Morgan fingerprint density at radius 1 is 1.17 bits per heavy atom. The molecule has 0 heterocycles. The Balaban J connectivity index is 4.17. The van der Waals surface area contributed by atoms with Crippen molar-refractivity contribution in [1.82, 2.24) is 0 Å². The van der Waals surface area contributed by atoms with Gasteiger partial charge in [0.1, 0.15) is 0 Å². The topological polar surface area (TPSA) is 54.4 Å². The zero-order valence-electron chi connectivity index (χ0n) is 11.5. The van der Waals surface area contributed by atoms with Gasteiger partial charge in [-0.15, -0.1) is 6.58 Å². The molecule has 0 unspecified atom stereocenters. The number of Topliss-reactive ketones (excluding diaryl/α,β-unsaturated/α-hetero) is 1. The average Bonchev–Trinajstić information content (AvgIpc) is 2.24. The van der Waals surface area contributed by atoms with Gasteiger partial charge in [0.05, 0.1) is 0 Å². The molecule has 0 spiro atoms. The Morgan fingerprint density at radius 3 is 2.28 bits per heavy atom. The first-order valence-corrected chi connectivity index (χ1v) is 6.07. The Kier molecular flexibility index (Phi) is 7.68. The molecule has 1 N–H and O–H groups in total. The first-order chi connectivity index (χ1) is 8.32. The van der Waals surface area contributed by atoms with Crippen molar-refractivity contribution < 1.29 is 14.7 Å². The second kappa shape index (κ2) is 8.45. The summed E-state index contributed by atoms with van der Waals surface area (Å²) < 4.78 is 0. The number of carbonyl (C=O) groups excluding carboxylic acids is 1. The van der Waals surface area contributed by atoms with Crippen LogP contribution in [0, 0.1) is 0 Å². The summed E-state index contributed by atoms with van der Waals surface area (Å²) in [6.07, 6.45) is 6.08. The van der Waals surface area contributed by atoms with E-state index < -0.39 is 5.97 Å². The van der Waals surface area contributed by atoms with Crippen molar-refractivity contribution in [2.24, 2.45) is 0 Å². The highest BCUT2D eigenvalue weighted by Crippen LogP contribution is 2.11. The maximum atomic E-state index is 11.6. The van der Waals surface area contributed by atoms with Crippen LogP contribution in [-0.4, -0.2) is 16.9 Å². The van der Waals surface area contributed by atoms with E-state index in [2.05, 4.69) is 6.58 Å². The smallest absolute Gasteiger partial charge is 0.328 e. The number of carboxylic acids is 1. The maximum Gasteiger partial charge on any atom is 0.328 e. The molecule has 0 amide bonds. The minimum absolute atomic E-state index is 0.142. The van der Waals surface area contributed by atoms with Crippen LogP contribution in [0.1, 0.15) is 46.5 Å². The Labute approximate surface area is 109 Å². The molecule has 0 aliphatic carbocycles. The highest BCUT2D eigenvalue weighted by Gasteiger charge is 2.04. The number of hydrogen-bond acceptors (Lipinski definition) is 2. The van der Waals surface area contributed by atoms with E-state index in [-0.39, 0.29) is 17.8 Å². The van der Waals surface area contributed by atoms with Gasteiger partial charge in [0, 0.05) is 12.5 Å². The third-order valence-electron chi connectivity index (χ3n) is 2.59. The highest BCUT2D eigenvalue weighted by atomic mass is 16.4. The van der Waals surface area contributed by atoms with Gasteiger partial charge < -0.3 is 5.11 Å². The number of carboxylic acid groups (broad SMARTS) is 1. The fraction of sp³-hybridized carbons (Fsp3) is 0.467. The average molecular weight is 250 g/mol. The van der Waals surface area contributed by atoms with Gasteiger partial charge in [0.15, 0.2) is 5.78 Å². The Hall–Kier alpha value is -1.64. The third kappa shape index (κ3) is 8.50. The highest BCUT2D eigenvalue weighted by molar-refractivity contribution is 6.00. The van der Waals surface area contributed by atoms with Crippen LogP contribution in [-0.2, 0) is 9.59 Å². The van der Waals surface area contributed by atoms with Gasteiger partial charge in [0.25, 0.3) is 0 Å². The van der Waals surface area contributed by atoms with E-state index >= 15 is 0 Å². The van der Waals surface area contributed by atoms with Crippen molar-refractivity contribution >= 4 is 11.8 Å². The summed E-state index contributed by atoms with van der Waals surface area (Å²) in [6.45, 7) is 9.36. The summed E-state index contributed by atoms with van der Waals surface area (Å²) in [5.41, 5.74) is 2.61. The molecule has 0 rings (SSSR count). The molecule has 3 heteroatoms. The van der Waals surface area contributed by atoms with E-state index in [4.69, 9.17) is 5.11 Å². The predicted molar refractivity (Wildman–Crippen MR) is 73.4 cm³/mol. The normalized spacial score (nSPS) is 12.4. The maximum absolute atomic E-state index is 11.6. The lowest BCUT2D eigenvalue weighted by Gasteiger charge is -2.02. The van der Waals surface area contributed by atoms with Gasteiger partial charge in [-0.05, 0) is 45.6 Å². The molecular weight excluding hydrogens is 228 g/mol. The minimum Gasteiger partial charge on any atom is -0.478 e. The van der Waals surface area contributed by atoms with Crippen LogP contribution in [0.5, 0.6) is 0 Å². The van der Waals surface area contributed by atoms with Crippen LogP contribution in [0.15, 0.2) is 35.5 Å². The van der Waals surface area contributed by atoms with Crippen molar-refractivity contribution in [3.8, 4) is 0 Å². The summed E-state index contributed by atoms with van der Waals surface area (Å²) in [7, 11) is 0. The van der Waals surface area contributed by atoms with Crippen LogP contribution in [0.4, 0.5) is 0 Å². The molecule has 0 aromatic rings. The molecule has 0 saturated carbocycles. The zero-order valence-corrected chi connectivity index (χ0v) is 11.5. The minimum atomic E-state index is -1.08. The van der Waals surface area contributed by atoms with Crippen molar-refractivity contribution in [2.75, 3.05) is 0 Å². The lowest BCUT2D eigenvalue weighted by atomic mass is 10.0. The molecule has 0 bridgehead atoms. The van der Waals surface area contributed by atoms with E-state index in [9.17, 15) is 9.59 Å². The van der Waals surface area contributed by atoms with E-state index in [1.54, 1.807) is 0 Å². The number of carbonyl (C=O) groups is 2. The van der Waals surface area contributed by atoms with Crippen molar-refractivity contribution in [3.05, 3.63) is 35.5 Å². The van der Waals surface area contributed by atoms with Gasteiger partial charge in [-0.1, -0.05) is 17.2 Å². The summed E-state index contributed by atoms with van der Waals surface area (Å²) in [6, 6.07) is 0. The third-order valence-corrected chi connectivity index (χ3v) is 2.59. The van der Waals surface area contributed by atoms with Gasteiger partial charge in [-0.3, -0.25) is 4.79 Å². The van der Waals surface area contributed by atoms with Crippen LogP contribution in [0.25, 0.3) is 0 Å². The first kappa shape index (κ1) is 16.4. The predicted octanol–water partition coefficient (Wildman–Crippen LogP) is 3.67. The molecule has 0 fully saturated rings. The standard InChI is InChI=1S/C15H22O3/c1-11(2)6-5-7-12(3)8-9-14(16)13(4)10-15(17)18/h8,10H,1,5-7,9H2,2-4H3,(H,17,18)/b12-8+,13-10+. The van der Waals surface area contributed by atoms with Crippen molar-refractivity contribution in [2.45, 2.75) is 46.5 Å². The van der Waals surface area contributed by atoms with E-state index in [0.717, 1.165) is 30.9 Å². The summed E-state index contributed by atoms with van der Waals surface area (Å²) in [4.78, 5) is 22.0. The zero-order chi connectivity index (χ0) is 14.1. The molecular formula is C15H22O3.